The van der Waals surface area contributed by atoms with Gasteiger partial charge in [0.05, 0.1) is 16.7 Å². The van der Waals surface area contributed by atoms with Gasteiger partial charge in [-0.3, -0.25) is 0 Å². The van der Waals surface area contributed by atoms with E-state index in [0.717, 1.165) is 21.9 Å². The molecule has 2 nitrogen and oxygen atoms in total. The van der Waals surface area contributed by atoms with Gasteiger partial charge in [-0.1, -0.05) is 125 Å². The van der Waals surface area contributed by atoms with Crippen LogP contribution in [0.1, 0.15) is 50.7 Å². The molecule has 0 amide bonds. The third-order valence-electron chi connectivity index (χ3n) is 9.20. The summed E-state index contributed by atoms with van der Waals surface area (Å²) in [7, 11) is 0. The molecule has 214 valence electrons. The van der Waals surface area contributed by atoms with Gasteiger partial charge in [0, 0.05) is 27.1 Å². The maximum atomic E-state index is 6.30. The zero-order valence-corrected chi connectivity index (χ0v) is 25.6. The zero-order valence-electron chi connectivity index (χ0n) is 25.6. The molecule has 6 aromatic carbocycles. The van der Waals surface area contributed by atoms with Gasteiger partial charge in [0.15, 0.2) is 0 Å². The quantitative estimate of drug-likeness (QED) is 0.202. The summed E-state index contributed by atoms with van der Waals surface area (Å²) in [5.74, 6) is 0.886. The number of hydrogen-bond donors (Lipinski definition) is 0. The molecule has 0 N–H and O–H groups in total. The van der Waals surface area contributed by atoms with Crippen LogP contribution in [-0.2, 0) is 0 Å². The van der Waals surface area contributed by atoms with Crippen LogP contribution >= 0.6 is 0 Å². The Morgan fingerprint density at radius 3 is 1.64 bits per heavy atom. The minimum Gasteiger partial charge on any atom is -0.456 e. The fourth-order valence-corrected chi connectivity index (χ4v) is 6.88. The number of aromatic nitrogens is 1. The maximum absolute atomic E-state index is 6.30. The summed E-state index contributed by atoms with van der Waals surface area (Å²) in [6, 6.07) is 46.5. The van der Waals surface area contributed by atoms with Crippen LogP contribution in [-0.4, -0.2) is 4.57 Å². The van der Waals surface area contributed by atoms with Gasteiger partial charge in [0.1, 0.15) is 11.2 Å². The van der Waals surface area contributed by atoms with E-state index in [2.05, 4.69) is 154 Å². The van der Waals surface area contributed by atoms with Crippen molar-refractivity contribution in [3.63, 3.8) is 0 Å². The molecule has 0 fully saturated rings. The average Bonchev–Trinajstić information content (AvgIpc) is 3.59. The monoisotopic (exact) mass is 569 g/mol. The molecule has 0 bridgehead atoms. The molecule has 2 heterocycles. The Bertz CT molecular complexity index is 2280. The molecule has 0 unspecified atom stereocenters. The highest BCUT2D eigenvalue weighted by Crippen LogP contribution is 2.43. The molecule has 2 aromatic heterocycles. The minimum absolute atomic E-state index is 0.443. The lowest BCUT2D eigenvalue weighted by Gasteiger charge is -2.18. The Labute approximate surface area is 258 Å². The van der Waals surface area contributed by atoms with E-state index in [4.69, 9.17) is 4.42 Å². The minimum atomic E-state index is 0.443. The predicted octanol–water partition coefficient (Wildman–Crippen LogP) is 12.3. The van der Waals surface area contributed by atoms with Gasteiger partial charge < -0.3 is 8.98 Å². The second kappa shape index (κ2) is 10.3. The van der Waals surface area contributed by atoms with E-state index in [1.165, 1.54) is 60.9 Å². The van der Waals surface area contributed by atoms with E-state index >= 15 is 0 Å². The fourth-order valence-electron chi connectivity index (χ4n) is 6.88. The third kappa shape index (κ3) is 4.09. The summed E-state index contributed by atoms with van der Waals surface area (Å²) in [6.45, 7) is 9.09. The van der Waals surface area contributed by atoms with Crippen LogP contribution in [0.4, 0.5) is 0 Å². The number of furan rings is 1. The van der Waals surface area contributed by atoms with E-state index in [-0.39, 0.29) is 0 Å². The number of nitrogens with zero attached hydrogens (tertiary/aromatic N) is 1. The first-order valence-corrected chi connectivity index (χ1v) is 15.7. The van der Waals surface area contributed by atoms with Gasteiger partial charge in [0.2, 0.25) is 0 Å². The summed E-state index contributed by atoms with van der Waals surface area (Å²) in [4.78, 5) is 0. The van der Waals surface area contributed by atoms with E-state index in [0.29, 0.717) is 11.8 Å². The number of benzene rings is 6. The van der Waals surface area contributed by atoms with Crippen LogP contribution in [0.15, 0.2) is 132 Å². The average molecular weight is 570 g/mol. The Balaban J connectivity index is 1.44. The molecular formula is C42H35NO. The van der Waals surface area contributed by atoms with Crippen molar-refractivity contribution in [2.45, 2.75) is 39.5 Å². The molecule has 0 radical (unpaired) electrons. The van der Waals surface area contributed by atoms with Crippen LogP contribution in [0.25, 0.3) is 71.7 Å². The number of rotatable bonds is 5. The molecule has 2 heteroatoms. The first-order chi connectivity index (χ1) is 21.5. The van der Waals surface area contributed by atoms with Gasteiger partial charge in [-0.15, -0.1) is 0 Å². The Morgan fingerprint density at radius 2 is 0.977 bits per heavy atom. The highest BCUT2D eigenvalue weighted by Gasteiger charge is 2.20. The fraction of sp³-hybridized carbons (Fsp3) is 0.143. The van der Waals surface area contributed by atoms with Crippen molar-refractivity contribution < 1.29 is 4.42 Å². The van der Waals surface area contributed by atoms with Gasteiger partial charge in [-0.25, -0.2) is 0 Å². The summed E-state index contributed by atoms with van der Waals surface area (Å²) < 4.78 is 8.80. The van der Waals surface area contributed by atoms with E-state index in [1.807, 2.05) is 6.07 Å². The molecule has 8 rings (SSSR count). The normalized spacial score (nSPS) is 12.0. The topological polar surface area (TPSA) is 18.1 Å². The van der Waals surface area contributed by atoms with Crippen LogP contribution in [0.5, 0.6) is 0 Å². The molecule has 0 aliphatic heterocycles. The second-order valence-corrected chi connectivity index (χ2v) is 12.5. The summed E-state index contributed by atoms with van der Waals surface area (Å²) in [6.07, 6.45) is 0. The van der Waals surface area contributed by atoms with Gasteiger partial charge in [0.25, 0.3) is 0 Å². The number of fused-ring (bicyclic) bond motifs is 6. The Morgan fingerprint density at radius 1 is 0.455 bits per heavy atom. The molecule has 0 aliphatic rings. The number of hydrogen-bond acceptors (Lipinski definition) is 1. The first kappa shape index (κ1) is 26.5. The third-order valence-corrected chi connectivity index (χ3v) is 9.20. The van der Waals surface area contributed by atoms with Crippen molar-refractivity contribution in [3.05, 3.63) is 139 Å². The second-order valence-electron chi connectivity index (χ2n) is 12.5. The molecule has 44 heavy (non-hydrogen) atoms. The van der Waals surface area contributed by atoms with Crippen LogP contribution < -0.4 is 0 Å². The molecular weight excluding hydrogens is 534 g/mol. The highest BCUT2D eigenvalue weighted by molar-refractivity contribution is 6.14. The van der Waals surface area contributed by atoms with E-state index < -0.39 is 0 Å². The van der Waals surface area contributed by atoms with Crippen LogP contribution in [0.3, 0.4) is 0 Å². The molecule has 0 saturated heterocycles. The molecule has 0 aliphatic carbocycles. The van der Waals surface area contributed by atoms with Crippen molar-refractivity contribution in [3.8, 4) is 27.9 Å². The van der Waals surface area contributed by atoms with Crippen molar-refractivity contribution in [2.75, 3.05) is 0 Å². The van der Waals surface area contributed by atoms with Crippen molar-refractivity contribution in [1.29, 1.82) is 0 Å². The maximum Gasteiger partial charge on any atom is 0.136 e. The summed E-state index contributed by atoms with van der Waals surface area (Å²) in [5.41, 5.74) is 13.0. The number of para-hydroxylation sites is 2. The SMILES string of the molecule is CC(C)c1ccc2c3ccc(C(C)C)cc3n(-c3ccccc3-c3ccccc3-c3cccc4oc5ccccc5c34)c2c1. The van der Waals surface area contributed by atoms with Gasteiger partial charge >= 0.3 is 0 Å². The first-order valence-electron chi connectivity index (χ1n) is 15.7. The zero-order chi connectivity index (χ0) is 29.9. The summed E-state index contributed by atoms with van der Waals surface area (Å²) >= 11 is 0. The molecule has 8 aromatic rings. The highest BCUT2D eigenvalue weighted by atomic mass is 16.3. The standard InChI is InChI=1S/C42H35NO/c1-26(2)28-20-22-33-34-23-21-29(27(3)4)25-39(34)43(38(33)24-28)37-17-9-7-14-32(37)30-12-5-6-13-31(30)35-16-11-19-41-42(35)36-15-8-10-18-40(36)44-41/h5-27H,1-4H3. The Hall–Kier alpha value is -5.08. The smallest absolute Gasteiger partial charge is 0.136 e. The molecule has 0 saturated carbocycles. The largest absolute Gasteiger partial charge is 0.456 e. The van der Waals surface area contributed by atoms with Crippen LogP contribution in [0, 0.1) is 0 Å². The Kier molecular flexibility index (Phi) is 6.20. The van der Waals surface area contributed by atoms with E-state index in [1.54, 1.807) is 0 Å². The van der Waals surface area contributed by atoms with Crippen molar-refractivity contribution >= 4 is 43.7 Å². The summed E-state index contributed by atoms with van der Waals surface area (Å²) in [5, 5.41) is 4.88. The lowest BCUT2D eigenvalue weighted by atomic mass is 9.91. The van der Waals surface area contributed by atoms with Gasteiger partial charge in [-0.05, 0) is 70.0 Å². The van der Waals surface area contributed by atoms with Crippen molar-refractivity contribution in [2.24, 2.45) is 0 Å². The van der Waals surface area contributed by atoms with Crippen molar-refractivity contribution in [1.82, 2.24) is 4.57 Å². The molecule has 0 atom stereocenters. The van der Waals surface area contributed by atoms with Gasteiger partial charge in [-0.2, -0.15) is 0 Å². The molecule has 0 spiro atoms. The lowest BCUT2D eigenvalue weighted by Crippen LogP contribution is -1.99. The van der Waals surface area contributed by atoms with Crippen LogP contribution in [0.2, 0.25) is 0 Å². The van der Waals surface area contributed by atoms with E-state index in [9.17, 15) is 0 Å². The lowest BCUT2D eigenvalue weighted by molar-refractivity contribution is 0.669. The predicted molar refractivity (Wildman–Crippen MR) is 187 cm³/mol.